The van der Waals surface area contributed by atoms with Crippen LogP contribution in [-0.2, 0) is 63.7 Å². The number of hydrogen-bond donors (Lipinski definition) is 8. The number of benzene rings is 6. The van der Waals surface area contributed by atoms with Crippen LogP contribution in [0.5, 0.6) is 34.5 Å². The smallest absolute Gasteiger partial charge is 0.317 e. The van der Waals surface area contributed by atoms with Crippen molar-refractivity contribution >= 4 is 145 Å². The van der Waals surface area contributed by atoms with E-state index in [4.69, 9.17) is 70.8 Å². The third kappa shape index (κ3) is 23.8. The number of nitrogens with zero attached hydrogens (tertiary/aromatic N) is 5. The van der Waals surface area contributed by atoms with Gasteiger partial charge in [0.2, 0.25) is 5.13 Å². The van der Waals surface area contributed by atoms with Gasteiger partial charge in [-0.2, -0.15) is 4.37 Å². The molecular weight excluding hydrogens is 1550 g/mol. The van der Waals surface area contributed by atoms with E-state index in [1.165, 1.54) is 52.3 Å². The van der Waals surface area contributed by atoms with Crippen LogP contribution in [0, 0.1) is 29.2 Å². The van der Waals surface area contributed by atoms with Crippen LogP contribution in [0.1, 0.15) is 48.8 Å². The lowest BCUT2D eigenvalue weighted by Crippen LogP contribution is -2.39. The molecule has 1 atom stereocenters. The van der Waals surface area contributed by atoms with Gasteiger partial charge in [-0.15, -0.1) is 22.7 Å². The maximum atomic E-state index is 14.9. The maximum Gasteiger partial charge on any atom is 0.317 e. The molecule has 0 bridgehead atoms. The number of likely N-dealkylation sites (tertiary alicyclic amines) is 1. The number of hydrogen-bond acceptors (Lipinski definition) is 22. The molecule has 0 spiro atoms. The average Bonchev–Trinajstić information content (AvgIpc) is 0.933. The number of aryl methyl sites for hydroxylation is 3. The van der Waals surface area contributed by atoms with Gasteiger partial charge in [0.25, 0.3) is 30.1 Å². The first-order chi connectivity index (χ1) is 48.5. The van der Waals surface area contributed by atoms with Crippen LogP contribution < -0.4 is 39.0 Å². The number of para-hydroxylation sites is 1. The highest BCUT2D eigenvalue weighted by Crippen LogP contribution is 2.39. The van der Waals surface area contributed by atoms with Crippen molar-refractivity contribution in [3.05, 3.63) is 186 Å². The van der Waals surface area contributed by atoms with Crippen molar-refractivity contribution in [3.8, 4) is 34.5 Å². The zero-order valence-electron chi connectivity index (χ0n) is 52.8. The van der Waals surface area contributed by atoms with Crippen molar-refractivity contribution in [2.24, 2.45) is 5.92 Å². The molecule has 1 unspecified atom stereocenters. The molecule has 1 saturated heterocycles. The third-order valence-electron chi connectivity index (χ3n) is 14.3. The van der Waals surface area contributed by atoms with Gasteiger partial charge >= 0.3 is 17.9 Å². The Morgan fingerprint density at radius 1 is 0.578 bits per heavy atom. The Labute approximate surface area is 614 Å². The summed E-state index contributed by atoms with van der Waals surface area (Å²) in [5.74, 6) is -6.88. The number of carboxylic acids is 3. The van der Waals surface area contributed by atoms with Crippen LogP contribution >= 0.6 is 80.6 Å². The highest BCUT2D eigenvalue weighted by atomic mass is 35.5. The van der Waals surface area contributed by atoms with Crippen molar-refractivity contribution in [2.75, 3.05) is 60.0 Å². The van der Waals surface area contributed by atoms with E-state index < -0.39 is 91.7 Å². The Bertz CT molecular complexity index is 4740. The van der Waals surface area contributed by atoms with Crippen molar-refractivity contribution in [1.29, 1.82) is 0 Å². The Kier molecular flexibility index (Phi) is 29.2. The highest BCUT2D eigenvalue weighted by Gasteiger charge is 2.29. The molecule has 1 aliphatic heterocycles. The number of aromatic nitrogens is 4. The summed E-state index contributed by atoms with van der Waals surface area (Å²) >= 11 is 27.7. The van der Waals surface area contributed by atoms with Gasteiger partial charge in [-0.3, -0.25) is 28.5 Å². The molecule has 0 aliphatic carbocycles. The van der Waals surface area contributed by atoms with Crippen LogP contribution in [0.3, 0.4) is 0 Å². The molecule has 9 aromatic rings. The second-order valence-corrected chi connectivity index (χ2v) is 30.8. The molecule has 1 aliphatic rings. The summed E-state index contributed by atoms with van der Waals surface area (Å²) in [6.07, 6.45) is 7.53. The summed E-state index contributed by atoms with van der Waals surface area (Å²) in [6.45, 7) is 2.67. The molecular formula is C63H60Cl4F4N10O15S6. The topological polar surface area (TPSA) is 357 Å². The van der Waals surface area contributed by atoms with Crippen molar-refractivity contribution in [3.63, 3.8) is 0 Å². The second-order valence-electron chi connectivity index (χ2n) is 21.8. The molecule has 6 aromatic carbocycles. The fourth-order valence-electron chi connectivity index (χ4n) is 9.67. The van der Waals surface area contributed by atoms with E-state index in [1.54, 1.807) is 36.4 Å². The molecule has 8 N–H and O–H groups in total. The van der Waals surface area contributed by atoms with Crippen molar-refractivity contribution in [1.82, 2.24) is 34.9 Å². The summed E-state index contributed by atoms with van der Waals surface area (Å²) in [7, 11) is -12.9. The zero-order chi connectivity index (χ0) is 73.7. The van der Waals surface area contributed by atoms with Crippen molar-refractivity contribution < 1.29 is 86.7 Å². The normalized spacial score (nSPS) is 13.2. The molecule has 102 heavy (non-hydrogen) atoms. The Morgan fingerprint density at radius 2 is 1.10 bits per heavy atom. The Hall–Kier alpha value is -8.04. The number of rotatable bonds is 32. The number of anilines is 3. The first-order valence-electron chi connectivity index (χ1n) is 30.1. The number of halogens is 8. The van der Waals surface area contributed by atoms with E-state index in [0.717, 1.165) is 77.6 Å². The van der Waals surface area contributed by atoms with Crippen molar-refractivity contribution in [2.45, 2.75) is 66.1 Å². The quantitative estimate of drug-likeness (QED) is 0.0143. The maximum absolute atomic E-state index is 14.9. The average molecular weight is 1610 g/mol. The van der Waals surface area contributed by atoms with E-state index in [2.05, 4.69) is 49.0 Å². The summed E-state index contributed by atoms with van der Waals surface area (Å²) in [4.78, 5) is 43.7. The van der Waals surface area contributed by atoms with Crippen LogP contribution in [-0.4, -0.2) is 129 Å². The molecule has 1 fully saturated rings. The predicted octanol–water partition coefficient (Wildman–Crippen LogP) is 13.7. The largest absolute Gasteiger partial charge is 0.481 e. The molecule has 10 rings (SSSR count). The second kappa shape index (κ2) is 37.4. The fraction of sp³-hybridized carbons (Fsp3) is 0.254. The number of ether oxygens (including phenoxy) is 3. The van der Waals surface area contributed by atoms with Gasteiger partial charge in [0.05, 0.1) is 34.6 Å². The number of sulfonamides is 3. The minimum atomic E-state index is -4.40. The first-order valence-corrected chi connectivity index (χ1v) is 38.7. The molecule has 0 radical (unpaired) electrons. The number of piperidine rings is 1. The van der Waals surface area contributed by atoms with E-state index in [9.17, 15) is 62.3 Å². The van der Waals surface area contributed by atoms with E-state index in [0.29, 0.717) is 104 Å². The Morgan fingerprint density at radius 3 is 1.63 bits per heavy atom. The minimum Gasteiger partial charge on any atom is -0.481 e. The molecule has 4 heterocycles. The number of aliphatic carboxylic acids is 3. The van der Waals surface area contributed by atoms with Crippen LogP contribution in [0.2, 0.25) is 20.1 Å². The van der Waals surface area contributed by atoms with Gasteiger partial charge in [0.15, 0.2) is 22.5 Å². The number of carboxylic acid groups (broad SMARTS) is 3. The number of nitrogens with one attached hydrogen (secondary N) is 5. The summed E-state index contributed by atoms with van der Waals surface area (Å²) in [5, 5.41) is 35.8. The third-order valence-corrected chi connectivity index (χ3v) is 21.6. The Balaban J connectivity index is 0.000000195. The van der Waals surface area contributed by atoms with Crippen LogP contribution in [0.4, 0.5) is 33.6 Å². The highest BCUT2D eigenvalue weighted by molar-refractivity contribution is 7.93. The van der Waals surface area contributed by atoms with E-state index in [-0.39, 0.29) is 62.4 Å². The molecule has 0 amide bonds. The lowest BCUT2D eigenvalue weighted by molar-refractivity contribution is -0.143. The predicted molar refractivity (Wildman–Crippen MR) is 378 cm³/mol. The number of carbonyl (C=O) groups is 3. The molecule has 39 heteroatoms. The fourth-order valence-corrected chi connectivity index (χ4v) is 15.8. The first kappa shape index (κ1) is 79.7. The van der Waals surface area contributed by atoms with Gasteiger partial charge in [0, 0.05) is 69.3 Å². The van der Waals surface area contributed by atoms with E-state index in [1.807, 2.05) is 12.1 Å². The van der Waals surface area contributed by atoms with Gasteiger partial charge in [-0.1, -0.05) is 64.6 Å². The minimum absolute atomic E-state index is 0.00683. The van der Waals surface area contributed by atoms with Crippen LogP contribution in [0.15, 0.2) is 141 Å². The van der Waals surface area contributed by atoms with Gasteiger partial charge in [0.1, 0.15) is 67.2 Å². The lowest BCUT2D eigenvalue weighted by Gasteiger charge is -2.30. The molecule has 3 aromatic heterocycles. The van der Waals surface area contributed by atoms with Gasteiger partial charge in [-0.05, 0) is 149 Å². The molecule has 544 valence electrons. The summed E-state index contributed by atoms with van der Waals surface area (Å²) in [6, 6.07) is 21.6. The SMILES string of the molecule is O=C(O)C1CCCN(CCCc2cc(Cl)ccc2Oc2cc(F)c(S(=O)(=O)Nc3cscn3)cc2Cl)C1.O=C(O)CNCCCc1cc(Cl)ccc1Oc1cc(F)c(S(=O)(=O)Nc2nccs2)cc1F.O=C(O)CNCCCc1ccccc1Oc1cc(F)c(S(=O)(=O)Nc2ncns2)cc1Cl. The summed E-state index contributed by atoms with van der Waals surface area (Å²) < 4.78 is 161. The summed E-state index contributed by atoms with van der Waals surface area (Å²) in [5.41, 5.74) is 3.59. The van der Waals surface area contributed by atoms with E-state index >= 15 is 0 Å². The lowest BCUT2D eigenvalue weighted by atomic mass is 9.98. The van der Waals surface area contributed by atoms with Crippen LogP contribution in [0.25, 0.3) is 0 Å². The molecule has 0 saturated carbocycles. The van der Waals surface area contributed by atoms with Gasteiger partial charge in [-0.25, -0.2) is 57.8 Å². The molecule has 25 nitrogen and oxygen atoms in total. The monoisotopic (exact) mass is 1600 g/mol. The number of thiazole rings is 2. The standard InChI is InChI=1S/C24H24Cl2FN3O5S2.C20H18ClF2N3O5S2.C19H18ClFN4O5S2/c25-17-5-6-20(15(9-17)3-1-7-30-8-2-4-16(12-30)24(31)32)35-21-11-19(27)22(10-18(21)26)37(33,34)29-23-13-36-14-28-23;21-13-3-4-16(12(8-13)2-1-5-24-11-19(27)28)31-17-9-15(23)18(10-14(17)22)33(29,30)26-20-25-6-7-32-20;20-13-8-17(32(28,29)25-19-23-11-24-31-19)14(21)9-16(13)30-15-6-2-1-4-12(15)5-3-7-22-10-18(26)27/h5-6,9-11,13-14,16,29H,1-4,7-8,12H2,(H,31,32);3-4,6-10,24H,1-2,5,11H2,(H,25,26)(H,27,28);1-2,4,6,8-9,11,22H,3,5,7,10H2,(H,26,27)(H,23,24,25). The van der Waals surface area contributed by atoms with Gasteiger partial charge < -0.3 is 45.1 Å². The zero-order valence-corrected chi connectivity index (χ0v) is 60.7.